The van der Waals surface area contributed by atoms with Gasteiger partial charge in [0.1, 0.15) is 0 Å². The van der Waals surface area contributed by atoms with Gasteiger partial charge in [0.25, 0.3) is 0 Å². The molecular formula is C33H24NO2P. The molecule has 0 saturated carbocycles. The van der Waals surface area contributed by atoms with Gasteiger partial charge in [0.05, 0.1) is 0 Å². The number of anilines is 1. The van der Waals surface area contributed by atoms with Gasteiger partial charge in [-0.3, -0.25) is 0 Å². The topological polar surface area (TPSA) is 30.5 Å². The fourth-order valence-electron chi connectivity index (χ4n) is 6.35. The van der Waals surface area contributed by atoms with Gasteiger partial charge in [0.2, 0.25) is 0 Å². The second kappa shape index (κ2) is 7.35. The van der Waals surface area contributed by atoms with Crippen LogP contribution in [-0.2, 0) is 0 Å². The molecule has 0 aromatic heterocycles. The van der Waals surface area contributed by atoms with Gasteiger partial charge in [0.15, 0.2) is 0 Å². The Morgan fingerprint density at radius 2 is 0.973 bits per heavy atom. The number of benzene rings is 6. The minimum absolute atomic E-state index is 0.286. The molecule has 0 amide bonds. The van der Waals surface area contributed by atoms with Crippen molar-refractivity contribution in [3.05, 3.63) is 139 Å². The molecule has 8 rings (SSSR count). The number of hydrogen-bond donors (Lipinski definition) is 1. The number of rotatable bonds is 4. The number of para-hydroxylation sites is 1. The first-order valence-corrected chi connectivity index (χ1v) is 14.7. The third-order valence-corrected chi connectivity index (χ3v) is 12.9. The molecule has 4 heteroatoms. The van der Waals surface area contributed by atoms with Crippen molar-refractivity contribution >= 4 is 44.9 Å². The van der Waals surface area contributed by atoms with Crippen LogP contribution < -0.4 is 25.0 Å². The van der Waals surface area contributed by atoms with Crippen molar-refractivity contribution < 1.29 is 9.05 Å². The van der Waals surface area contributed by atoms with Crippen molar-refractivity contribution in [2.24, 2.45) is 0 Å². The zero-order valence-electron chi connectivity index (χ0n) is 20.0. The molecule has 0 fully saturated rings. The number of nitrogens with one attached hydrogen (secondary N) is 1. The van der Waals surface area contributed by atoms with Gasteiger partial charge >= 0.3 is 216 Å². The molecule has 2 aliphatic heterocycles. The van der Waals surface area contributed by atoms with E-state index in [9.17, 15) is 0 Å². The monoisotopic (exact) mass is 497 g/mol. The summed E-state index contributed by atoms with van der Waals surface area (Å²) in [5.41, 5.74) is 2.15. The molecule has 6 aromatic rings. The molecule has 3 nitrogen and oxygen atoms in total. The summed E-state index contributed by atoms with van der Waals surface area (Å²) >= 11 is 0. The Morgan fingerprint density at radius 3 is 1.51 bits per heavy atom. The summed E-state index contributed by atoms with van der Waals surface area (Å²) in [7, 11) is -3.92. The maximum atomic E-state index is 7.47. The molecule has 0 saturated heterocycles. The van der Waals surface area contributed by atoms with Crippen LogP contribution in [0, 0.1) is 0 Å². The maximum absolute atomic E-state index is 7.47. The molecule has 1 N–H and O–H groups in total. The Hall–Kier alpha value is -4.33. The summed E-state index contributed by atoms with van der Waals surface area (Å²) < 4.78 is 14.9. The van der Waals surface area contributed by atoms with Crippen molar-refractivity contribution in [1.29, 1.82) is 0 Å². The van der Waals surface area contributed by atoms with Crippen molar-refractivity contribution in [1.82, 2.24) is 0 Å². The number of fused-ring (bicyclic) bond motifs is 2. The van der Waals surface area contributed by atoms with Crippen molar-refractivity contribution in [3.63, 3.8) is 0 Å². The van der Waals surface area contributed by atoms with Crippen molar-refractivity contribution in [2.75, 3.05) is 5.32 Å². The summed E-state index contributed by atoms with van der Waals surface area (Å²) in [6, 6.07) is 46.7. The van der Waals surface area contributed by atoms with Crippen LogP contribution >= 0.6 is 7.06 Å². The van der Waals surface area contributed by atoms with E-state index in [4.69, 9.17) is 9.05 Å². The van der Waals surface area contributed by atoms with Crippen molar-refractivity contribution in [3.8, 4) is 11.5 Å². The Kier molecular flexibility index (Phi) is 4.14. The molecule has 2 heterocycles. The zero-order valence-corrected chi connectivity index (χ0v) is 20.9. The van der Waals surface area contributed by atoms with Gasteiger partial charge in [0, 0.05) is 0 Å². The van der Waals surface area contributed by atoms with E-state index in [1.165, 1.54) is 0 Å². The summed E-state index contributed by atoms with van der Waals surface area (Å²) in [4.78, 5) is 0. The van der Waals surface area contributed by atoms with Crippen LogP contribution in [0.1, 0.15) is 11.3 Å². The van der Waals surface area contributed by atoms with Crippen LogP contribution in [0.2, 0.25) is 0 Å². The molecule has 2 aliphatic rings. The first-order chi connectivity index (χ1) is 18.3. The quantitative estimate of drug-likeness (QED) is 0.251. The van der Waals surface area contributed by atoms with Crippen LogP contribution in [0.5, 0.6) is 11.5 Å². The predicted octanol–water partition coefficient (Wildman–Crippen LogP) is 7.92. The molecule has 1 spiro atoms. The molecule has 1 atom stereocenters. The molecule has 0 radical (unpaired) electrons. The summed E-state index contributed by atoms with van der Waals surface area (Å²) in [6.45, 7) is 0. The van der Waals surface area contributed by atoms with Crippen LogP contribution in [0.3, 0.4) is 0 Å². The Labute approximate surface area is 215 Å². The van der Waals surface area contributed by atoms with Gasteiger partial charge < -0.3 is 0 Å². The molecule has 0 bridgehead atoms. The van der Waals surface area contributed by atoms with Gasteiger partial charge in [-0.1, -0.05) is 0 Å². The molecule has 37 heavy (non-hydrogen) atoms. The summed E-state index contributed by atoms with van der Waals surface area (Å²) in [5.74, 6) is 1.48. The SMILES string of the molecule is c1ccc(NC(c2ccccc2)P23(Oc4cccc5cccc2c45)Oc2cccc4cccc3c24)cc1. The van der Waals surface area contributed by atoms with Crippen LogP contribution in [0.15, 0.2) is 133 Å². The third-order valence-electron chi connectivity index (χ3n) is 7.82. The standard InChI is InChI=1S/C33H24NO2P/c1-3-11-25(12-4-1)33(34-26-17-5-2-6-18-26)37(29-21-9-15-23-13-7-19-27(35-37)31(23)29)30-22-10-16-24-14-8-20-28(36-37)32(24)30/h1-22,33-34H. The van der Waals surface area contributed by atoms with Gasteiger partial charge in [-0.15, -0.1) is 0 Å². The zero-order chi connectivity index (χ0) is 24.5. The molecule has 178 valence electrons. The number of hydrogen-bond acceptors (Lipinski definition) is 3. The van der Waals surface area contributed by atoms with E-state index in [-0.39, 0.29) is 5.78 Å². The average Bonchev–Trinajstić information content (AvgIpc) is 3.42. The molecule has 1 unspecified atom stereocenters. The van der Waals surface area contributed by atoms with E-state index in [1.54, 1.807) is 0 Å². The van der Waals surface area contributed by atoms with Gasteiger partial charge in [-0.2, -0.15) is 0 Å². The van der Waals surface area contributed by atoms with Crippen LogP contribution in [0.4, 0.5) is 5.69 Å². The molecular weight excluding hydrogens is 473 g/mol. The summed E-state index contributed by atoms with van der Waals surface area (Å²) in [6.07, 6.45) is 0. The van der Waals surface area contributed by atoms with E-state index < -0.39 is 7.06 Å². The second-order valence-corrected chi connectivity index (χ2v) is 13.7. The first kappa shape index (κ1) is 20.8. The Morgan fingerprint density at radius 1 is 0.486 bits per heavy atom. The predicted molar refractivity (Wildman–Crippen MR) is 155 cm³/mol. The van der Waals surface area contributed by atoms with Crippen LogP contribution in [0.25, 0.3) is 21.5 Å². The second-order valence-electron chi connectivity index (χ2n) is 9.79. The van der Waals surface area contributed by atoms with E-state index >= 15 is 0 Å². The minimum atomic E-state index is -3.92. The van der Waals surface area contributed by atoms with E-state index in [2.05, 4.69) is 133 Å². The van der Waals surface area contributed by atoms with Gasteiger partial charge in [-0.05, 0) is 0 Å². The average molecular weight is 498 g/mol. The Bertz CT molecular complexity index is 1730. The van der Waals surface area contributed by atoms with E-state index in [1.807, 2.05) is 6.07 Å². The van der Waals surface area contributed by atoms with Gasteiger partial charge in [-0.25, -0.2) is 0 Å². The molecule has 0 aliphatic carbocycles. The molecule has 6 aromatic carbocycles. The van der Waals surface area contributed by atoms with E-state index in [0.29, 0.717) is 0 Å². The fourth-order valence-corrected chi connectivity index (χ4v) is 12.1. The fraction of sp³-hybridized carbons (Fsp3) is 0.0303. The van der Waals surface area contributed by atoms with E-state index in [0.717, 1.165) is 54.9 Å². The summed E-state index contributed by atoms with van der Waals surface area (Å²) in [5, 5.41) is 10.8. The first-order valence-electron chi connectivity index (χ1n) is 12.6. The normalized spacial score (nSPS) is 17.6. The van der Waals surface area contributed by atoms with Crippen molar-refractivity contribution in [2.45, 2.75) is 5.78 Å². The van der Waals surface area contributed by atoms with Crippen LogP contribution in [-0.4, -0.2) is 0 Å². The third kappa shape index (κ3) is 2.59. The Balaban J connectivity index is 1.55.